The Morgan fingerprint density at radius 3 is 2.81 bits per heavy atom. The zero-order valence-corrected chi connectivity index (χ0v) is 16.2. The van der Waals surface area contributed by atoms with Gasteiger partial charge in [0.2, 0.25) is 0 Å². The molecule has 0 aliphatic carbocycles. The molecule has 3 aromatic rings. The van der Waals surface area contributed by atoms with Crippen LogP contribution in [0.25, 0.3) is 10.9 Å². The van der Waals surface area contributed by atoms with E-state index in [1.807, 2.05) is 13.0 Å². The van der Waals surface area contributed by atoms with Crippen molar-refractivity contribution in [1.29, 1.82) is 0 Å². The van der Waals surface area contributed by atoms with Crippen molar-refractivity contribution in [2.45, 2.75) is 20.3 Å². The maximum Gasteiger partial charge on any atom is 0.282 e. The molecule has 1 aromatic heterocycles. The summed E-state index contributed by atoms with van der Waals surface area (Å²) >= 11 is 6.32. The van der Waals surface area contributed by atoms with E-state index < -0.39 is 0 Å². The third kappa shape index (κ3) is 3.95. The summed E-state index contributed by atoms with van der Waals surface area (Å²) in [6, 6.07) is 10.7. The summed E-state index contributed by atoms with van der Waals surface area (Å²) in [5, 5.41) is 5.23. The Hall–Kier alpha value is -2.86. The van der Waals surface area contributed by atoms with Crippen LogP contribution < -0.4 is 15.0 Å². The van der Waals surface area contributed by atoms with E-state index in [1.54, 1.807) is 50.6 Å². The molecule has 0 N–H and O–H groups in total. The van der Waals surface area contributed by atoms with Crippen molar-refractivity contribution in [2.75, 3.05) is 13.7 Å². The number of hydrogen-bond donors (Lipinski definition) is 0. The third-order valence-electron chi connectivity index (χ3n) is 3.94. The van der Waals surface area contributed by atoms with Gasteiger partial charge in [0.25, 0.3) is 5.56 Å². The van der Waals surface area contributed by atoms with Crippen molar-refractivity contribution in [2.24, 2.45) is 5.10 Å². The Balaban J connectivity index is 2.00. The van der Waals surface area contributed by atoms with Gasteiger partial charge in [0.15, 0.2) is 11.5 Å². The van der Waals surface area contributed by atoms with Crippen LogP contribution in [0.4, 0.5) is 0 Å². The van der Waals surface area contributed by atoms with Crippen LogP contribution in [0.5, 0.6) is 11.5 Å². The highest BCUT2D eigenvalue weighted by Gasteiger charge is 2.12. The summed E-state index contributed by atoms with van der Waals surface area (Å²) < 4.78 is 12.3. The minimum atomic E-state index is -0.227. The van der Waals surface area contributed by atoms with E-state index in [-0.39, 0.29) is 5.56 Å². The van der Waals surface area contributed by atoms with Crippen molar-refractivity contribution in [3.05, 3.63) is 63.2 Å². The minimum absolute atomic E-state index is 0.227. The predicted molar refractivity (Wildman–Crippen MR) is 108 cm³/mol. The molecule has 140 valence electrons. The molecule has 0 fully saturated rings. The molecule has 1 heterocycles. The highest BCUT2D eigenvalue weighted by Crippen LogP contribution is 2.36. The lowest BCUT2D eigenvalue weighted by atomic mass is 10.2. The largest absolute Gasteiger partial charge is 0.493 e. The third-order valence-corrected chi connectivity index (χ3v) is 4.22. The number of aromatic nitrogens is 2. The second-order valence-electron chi connectivity index (χ2n) is 5.92. The first-order valence-corrected chi connectivity index (χ1v) is 8.96. The van der Waals surface area contributed by atoms with Crippen LogP contribution in [-0.4, -0.2) is 29.6 Å². The Morgan fingerprint density at radius 2 is 2.07 bits per heavy atom. The quantitative estimate of drug-likeness (QED) is 0.601. The zero-order valence-electron chi connectivity index (χ0n) is 15.4. The van der Waals surface area contributed by atoms with Gasteiger partial charge < -0.3 is 9.47 Å². The molecular weight excluding hydrogens is 366 g/mol. The van der Waals surface area contributed by atoms with E-state index in [4.69, 9.17) is 21.1 Å². The molecule has 0 unspecified atom stereocenters. The van der Waals surface area contributed by atoms with Crippen molar-refractivity contribution >= 4 is 28.7 Å². The Labute approximate surface area is 162 Å². The van der Waals surface area contributed by atoms with Crippen LogP contribution >= 0.6 is 11.6 Å². The van der Waals surface area contributed by atoms with E-state index in [9.17, 15) is 4.79 Å². The summed E-state index contributed by atoms with van der Waals surface area (Å²) in [6.45, 7) is 4.29. The maximum atomic E-state index is 12.7. The predicted octanol–water partition coefficient (Wildman–Crippen LogP) is 4.04. The molecule has 0 saturated carbocycles. The van der Waals surface area contributed by atoms with Gasteiger partial charge >= 0.3 is 0 Å². The molecular formula is C20H20ClN3O3. The molecule has 0 aliphatic heterocycles. The fourth-order valence-electron chi connectivity index (χ4n) is 2.65. The van der Waals surface area contributed by atoms with Gasteiger partial charge in [-0.15, -0.1) is 0 Å². The molecule has 0 amide bonds. The fraction of sp³-hybridized carbons (Fsp3) is 0.250. The van der Waals surface area contributed by atoms with Gasteiger partial charge in [-0.25, -0.2) is 4.98 Å². The number of methoxy groups -OCH3 is 1. The van der Waals surface area contributed by atoms with Gasteiger partial charge in [0.05, 0.1) is 35.9 Å². The van der Waals surface area contributed by atoms with Crippen LogP contribution in [0.2, 0.25) is 5.02 Å². The molecule has 27 heavy (non-hydrogen) atoms. The lowest BCUT2D eigenvalue weighted by Gasteiger charge is -2.12. The maximum absolute atomic E-state index is 12.7. The SMILES string of the molecule is CCCOc1c(Cl)cc(C=Nn2c(C)nc3ccccc3c2=O)cc1OC. The summed E-state index contributed by atoms with van der Waals surface area (Å²) in [5.41, 5.74) is 1.10. The number of rotatable bonds is 6. The first-order chi connectivity index (χ1) is 13.0. The van der Waals surface area contributed by atoms with Crippen molar-refractivity contribution in [3.8, 4) is 11.5 Å². The summed E-state index contributed by atoms with van der Waals surface area (Å²) in [4.78, 5) is 17.1. The van der Waals surface area contributed by atoms with Crippen molar-refractivity contribution in [1.82, 2.24) is 9.66 Å². The average molecular weight is 386 g/mol. The van der Waals surface area contributed by atoms with Gasteiger partial charge in [0.1, 0.15) is 5.82 Å². The lowest BCUT2D eigenvalue weighted by Crippen LogP contribution is -2.20. The summed E-state index contributed by atoms with van der Waals surface area (Å²) in [6.07, 6.45) is 2.41. The lowest BCUT2D eigenvalue weighted by molar-refractivity contribution is 0.294. The van der Waals surface area contributed by atoms with Gasteiger partial charge in [-0.2, -0.15) is 9.78 Å². The van der Waals surface area contributed by atoms with E-state index in [0.29, 0.717) is 45.4 Å². The van der Waals surface area contributed by atoms with Crippen LogP contribution in [0, 0.1) is 6.92 Å². The first-order valence-electron chi connectivity index (χ1n) is 8.58. The molecule has 0 bridgehead atoms. The van der Waals surface area contributed by atoms with Crippen LogP contribution in [-0.2, 0) is 0 Å². The van der Waals surface area contributed by atoms with E-state index in [1.165, 1.54) is 4.68 Å². The molecule has 0 saturated heterocycles. The Bertz CT molecular complexity index is 1060. The monoisotopic (exact) mass is 385 g/mol. The summed E-state index contributed by atoms with van der Waals surface area (Å²) in [5.74, 6) is 1.51. The number of aryl methyl sites for hydroxylation is 1. The van der Waals surface area contributed by atoms with Gasteiger partial charge in [-0.05, 0) is 43.2 Å². The number of para-hydroxylation sites is 1. The van der Waals surface area contributed by atoms with Gasteiger partial charge in [-0.3, -0.25) is 4.79 Å². The molecule has 0 aliphatic rings. The number of hydrogen-bond acceptors (Lipinski definition) is 5. The van der Waals surface area contributed by atoms with E-state index >= 15 is 0 Å². The smallest absolute Gasteiger partial charge is 0.282 e. The topological polar surface area (TPSA) is 65.7 Å². The van der Waals surface area contributed by atoms with Crippen LogP contribution in [0.1, 0.15) is 24.7 Å². The van der Waals surface area contributed by atoms with Crippen LogP contribution in [0.15, 0.2) is 46.3 Å². The highest BCUT2D eigenvalue weighted by molar-refractivity contribution is 6.32. The fourth-order valence-corrected chi connectivity index (χ4v) is 2.93. The molecule has 0 spiro atoms. The number of benzene rings is 2. The molecule has 7 heteroatoms. The molecule has 0 atom stereocenters. The first kappa shape index (κ1) is 18.9. The van der Waals surface area contributed by atoms with Crippen molar-refractivity contribution < 1.29 is 9.47 Å². The minimum Gasteiger partial charge on any atom is -0.493 e. The summed E-state index contributed by atoms with van der Waals surface area (Å²) in [7, 11) is 1.55. The Morgan fingerprint density at radius 1 is 1.30 bits per heavy atom. The normalized spacial score (nSPS) is 11.3. The molecule has 2 aromatic carbocycles. The highest BCUT2D eigenvalue weighted by atomic mass is 35.5. The second kappa shape index (κ2) is 8.22. The second-order valence-corrected chi connectivity index (χ2v) is 6.33. The molecule has 0 radical (unpaired) electrons. The van der Waals surface area contributed by atoms with Gasteiger partial charge in [-0.1, -0.05) is 30.7 Å². The standard InChI is InChI=1S/C20H20ClN3O3/c1-4-9-27-19-16(21)10-14(11-18(19)26-3)12-22-24-13(2)23-17-8-6-5-7-15(17)20(24)25/h5-8,10-12H,4,9H2,1-3H3. The zero-order chi connectivity index (χ0) is 19.4. The number of nitrogens with zero attached hydrogens (tertiary/aromatic N) is 3. The van der Waals surface area contributed by atoms with E-state index in [0.717, 1.165) is 6.42 Å². The molecule has 6 nitrogen and oxygen atoms in total. The van der Waals surface area contributed by atoms with Crippen LogP contribution in [0.3, 0.4) is 0 Å². The molecule has 3 rings (SSSR count). The van der Waals surface area contributed by atoms with E-state index in [2.05, 4.69) is 10.1 Å². The number of fused-ring (bicyclic) bond motifs is 1. The van der Waals surface area contributed by atoms with Crippen molar-refractivity contribution in [3.63, 3.8) is 0 Å². The van der Waals surface area contributed by atoms with Gasteiger partial charge in [0, 0.05) is 0 Å². The number of halogens is 1. The number of ether oxygens (including phenoxy) is 2. The Kier molecular flexibility index (Phi) is 5.76. The average Bonchev–Trinajstić information content (AvgIpc) is 2.66.